The summed E-state index contributed by atoms with van der Waals surface area (Å²) in [6.07, 6.45) is 3.05. The zero-order valence-electron chi connectivity index (χ0n) is 16.1. The van der Waals surface area contributed by atoms with E-state index in [9.17, 15) is 13.2 Å². The molecule has 3 nitrogen and oxygen atoms in total. The van der Waals surface area contributed by atoms with Crippen LogP contribution in [0, 0.1) is 0 Å². The number of rotatable bonds is 4. The molecule has 5 rings (SSSR count). The average Bonchev–Trinajstić information content (AvgIpc) is 3.38. The molecule has 7 heteroatoms. The zero-order chi connectivity index (χ0) is 21.4. The smallest absolute Gasteiger partial charge is 0.361 e. The minimum absolute atomic E-state index is 0.649. The lowest BCUT2D eigenvalue weighted by atomic mass is 10.1. The normalized spacial score (nSPS) is 12.2. The van der Waals surface area contributed by atoms with Crippen molar-refractivity contribution in [3.63, 3.8) is 0 Å². The molecule has 0 aliphatic rings. The van der Waals surface area contributed by atoms with E-state index in [1.807, 2.05) is 42.6 Å². The van der Waals surface area contributed by atoms with Crippen LogP contribution in [-0.2, 0) is 6.18 Å². The van der Waals surface area contributed by atoms with Crippen LogP contribution >= 0.6 is 11.3 Å². The first-order chi connectivity index (χ1) is 15.0. The number of hydrogen-bond donors (Lipinski definition) is 2. The summed E-state index contributed by atoms with van der Waals surface area (Å²) in [6, 6.07) is 17.2. The average molecular weight is 435 g/mol. The van der Waals surface area contributed by atoms with Crippen molar-refractivity contribution in [2.45, 2.75) is 6.18 Å². The van der Waals surface area contributed by atoms with Crippen molar-refractivity contribution in [1.29, 1.82) is 0 Å². The van der Waals surface area contributed by atoms with Crippen molar-refractivity contribution >= 4 is 56.0 Å². The van der Waals surface area contributed by atoms with E-state index >= 15 is 0 Å². The molecule has 0 bridgehead atoms. The predicted molar refractivity (Wildman–Crippen MR) is 122 cm³/mol. The molecule has 3 heterocycles. The molecule has 0 saturated carbocycles. The third-order valence-electron chi connectivity index (χ3n) is 4.97. The largest absolute Gasteiger partial charge is 0.416 e. The molecule has 154 valence electrons. The molecule has 0 saturated heterocycles. The maximum atomic E-state index is 12.7. The summed E-state index contributed by atoms with van der Waals surface area (Å²) in [5.74, 6) is 0. The van der Waals surface area contributed by atoms with E-state index in [1.165, 1.54) is 23.5 Å². The van der Waals surface area contributed by atoms with Gasteiger partial charge in [0.2, 0.25) is 0 Å². The molecule has 31 heavy (non-hydrogen) atoms. The number of thiophene rings is 1. The second-order valence-corrected chi connectivity index (χ2v) is 8.15. The van der Waals surface area contributed by atoms with Crippen LogP contribution in [0.5, 0.6) is 0 Å². The summed E-state index contributed by atoms with van der Waals surface area (Å²) < 4.78 is 38.1. The van der Waals surface area contributed by atoms with Gasteiger partial charge in [-0.1, -0.05) is 18.2 Å². The number of alkyl halides is 3. The molecule has 5 aromatic rings. The van der Waals surface area contributed by atoms with Crippen LogP contribution in [-0.4, -0.2) is 9.97 Å². The van der Waals surface area contributed by atoms with Crippen molar-refractivity contribution in [3.8, 4) is 0 Å². The number of fused-ring (bicyclic) bond motifs is 2. The van der Waals surface area contributed by atoms with E-state index < -0.39 is 11.7 Å². The molecule has 0 spiro atoms. The zero-order valence-corrected chi connectivity index (χ0v) is 16.9. The molecule has 0 fully saturated rings. The van der Waals surface area contributed by atoms with Gasteiger partial charge in [0.25, 0.3) is 0 Å². The van der Waals surface area contributed by atoms with E-state index in [0.717, 1.165) is 49.5 Å². The van der Waals surface area contributed by atoms with Crippen LogP contribution < -0.4 is 5.32 Å². The number of nitrogens with one attached hydrogen (secondary N) is 2. The fraction of sp³-hybridized carbons (Fsp3) is 0.0417. The Morgan fingerprint density at radius 2 is 1.77 bits per heavy atom. The Bertz CT molecular complexity index is 1400. The number of pyridine rings is 1. The van der Waals surface area contributed by atoms with Crippen LogP contribution in [0.3, 0.4) is 0 Å². The lowest BCUT2D eigenvalue weighted by molar-refractivity contribution is -0.137. The number of aromatic amines is 1. The Morgan fingerprint density at radius 1 is 0.935 bits per heavy atom. The number of anilines is 2. The number of halogens is 3. The van der Waals surface area contributed by atoms with E-state index in [1.54, 1.807) is 12.3 Å². The van der Waals surface area contributed by atoms with Crippen LogP contribution in [0.25, 0.3) is 33.3 Å². The first kappa shape index (κ1) is 19.4. The Labute approximate surface area is 179 Å². The van der Waals surface area contributed by atoms with Crippen LogP contribution in [0.1, 0.15) is 16.0 Å². The highest BCUT2D eigenvalue weighted by atomic mass is 32.1. The molecule has 0 atom stereocenters. The molecule has 2 aromatic carbocycles. The van der Waals surface area contributed by atoms with Gasteiger partial charge < -0.3 is 10.3 Å². The maximum absolute atomic E-state index is 12.7. The van der Waals surface area contributed by atoms with Crippen LogP contribution in [0.4, 0.5) is 24.5 Å². The highest BCUT2D eigenvalue weighted by Crippen LogP contribution is 2.33. The van der Waals surface area contributed by atoms with Gasteiger partial charge in [-0.25, -0.2) is 4.98 Å². The van der Waals surface area contributed by atoms with Gasteiger partial charge >= 0.3 is 6.18 Å². The Kier molecular flexibility index (Phi) is 4.75. The first-order valence-corrected chi connectivity index (χ1v) is 10.4. The Balaban J connectivity index is 1.40. The highest BCUT2D eigenvalue weighted by Gasteiger charge is 2.29. The monoisotopic (exact) mass is 435 g/mol. The van der Waals surface area contributed by atoms with Gasteiger partial charge in [0.1, 0.15) is 4.83 Å². The fourth-order valence-corrected chi connectivity index (χ4v) is 4.33. The lowest BCUT2D eigenvalue weighted by Gasteiger charge is -2.07. The minimum atomic E-state index is -4.32. The topological polar surface area (TPSA) is 40.7 Å². The van der Waals surface area contributed by atoms with Crippen molar-refractivity contribution in [2.24, 2.45) is 0 Å². The van der Waals surface area contributed by atoms with Gasteiger partial charge in [0.05, 0.1) is 11.3 Å². The molecular weight excluding hydrogens is 419 g/mol. The number of hydrogen-bond acceptors (Lipinski definition) is 3. The minimum Gasteiger partial charge on any atom is -0.361 e. The first-order valence-electron chi connectivity index (χ1n) is 9.54. The van der Waals surface area contributed by atoms with Crippen molar-refractivity contribution in [3.05, 3.63) is 89.1 Å². The summed E-state index contributed by atoms with van der Waals surface area (Å²) in [6.45, 7) is 0. The lowest BCUT2D eigenvalue weighted by Crippen LogP contribution is -2.03. The van der Waals surface area contributed by atoms with Crippen LogP contribution in [0.2, 0.25) is 0 Å². The number of aromatic nitrogens is 2. The van der Waals surface area contributed by atoms with Gasteiger partial charge in [-0.15, -0.1) is 11.3 Å². The van der Waals surface area contributed by atoms with Gasteiger partial charge in [0.15, 0.2) is 0 Å². The van der Waals surface area contributed by atoms with Gasteiger partial charge in [-0.3, -0.25) is 0 Å². The van der Waals surface area contributed by atoms with E-state index in [4.69, 9.17) is 0 Å². The second-order valence-electron chi connectivity index (χ2n) is 7.08. The summed E-state index contributed by atoms with van der Waals surface area (Å²) in [5.41, 5.74) is 3.07. The molecule has 0 aliphatic carbocycles. The summed E-state index contributed by atoms with van der Waals surface area (Å²) >= 11 is 1.53. The highest BCUT2D eigenvalue weighted by molar-refractivity contribution is 7.19. The Morgan fingerprint density at radius 3 is 2.58 bits per heavy atom. The van der Waals surface area contributed by atoms with Crippen molar-refractivity contribution in [1.82, 2.24) is 9.97 Å². The van der Waals surface area contributed by atoms with Crippen molar-refractivity contribution in [2.75, 3.05) is 5.32 Å². The van der Waals surface area contributed by atoms with Crippen LogP contribution in [0.15, 0.2) is 73.1 Å². The van der Waals surface area contributed by atoms with Gasteiger partial charge in [-0.05, 0) is 60.2 Å². The molecular formula is C24H16F3N3S. The SMILES string of the molecule is FC(F)(F)c1ccc(/C=C/c2cc3c(Nc4ccc5[nH]ccc5c4)ccnc3s2)cc1. The number of H-pyrrole nitrogens is 1. The number of benzene rings is 2. The molecule has 0 aliphatic heterocycles. The molecule has 0 radical (unpaired) electrons. The van der Waals surface area contributed by atoms with Gasteiger partial charge in [-0.2, -0.15) is 13.2 Å². The summed E-state index contributed by atoms with van der Waals surface area (Å²) in [5, 5.41) is 5.58. The molecule has 3 aromatic heterocycles. The fourth-order valence-electron chi connectivity index (χ4n) is 3.40. The Hall–Kier alpha value is -3.58. The maximum Gasteiger partial charge on any atom is 0.416 e. The molecule has 2 N–H and O–H groups in total. The standard InChI is InChI=1S/C24H16F3N3S/c25-24(26,27)17-4-1-15(2-5-17)3-7-19-14-20-22(10-12-29-23(20)31-19)30-18-6-8-21-16(13-18)9-11-28-21/h1-14,28H,(H,29,30)/b7-3+. The van der Waals surface area contributed by atoms with E-state index in [-0.39, 0.29) is 0 Å². The van der Waals surface area contributed by atoms with Crippen molar-refractivity contribution < 1.29 is 13.2 Å². The van der Waals surface area contributed by atoms with Gasteiger partial charge in [0, 0.05) is 39.2 Å². The molecule has 0 amide bonds. The predicted octanol–water partition coefficient (Wildman–Crippen LogP) is 7.71. The summed E-state index contributed by atoms with van der Waals surface area (Å²) in [4.78, 5) is 9.49. The number of nitrogens with zero attached hydrogens (tertiary/aromatic N) is 1. The third kappa shape index (κ3) is 4.04. The molecule has 0 unspecified atom stereocenters. The van der Waals surface area contributed by atoms with E-state index in [2.05, 4.69) is 21.4 Å². The summed E-state index contributed by atoms with van der Waals surface area (Å²) in [7, 11) is 0. The third-order valence-corrected chi connectivity index (χ3v) is 5.97. The quantitative estimate of drug-likeness (QED) is 0.303. The second kappa shape index (κ2) is 7.59. The van der Waals surface area contributed by atoms with E-state index in [0.29, 0.717) is 5.56 Å².